The first-order valence-electron chi connectivity index (χ1n) is 7.72. The number of halogens is 3. The normalized spacial score (nSPS) is 16.8. The molecule has 1 aliphatic heterocycles. The lowest BCUT2D eigenvalue weighted by atomic mass is 9.93. The fourth-order valence-electron chi connectivity index (χ4n) is 2.66. The fourth-order valence-corrected chi connectivity index (χ4v) is 2.66. The van der Waals surface area contributed by atoms with Gasteiger partial charge in [-0.15, -0.1) is 0 Å². The Hall–Kier alpha value is -2.07. The molecule has 1 aromatic carbocycles. The molecular weight excluding hydrogens is 319 g/mol. The van der Waals surface area contributed by atoms with Gasteiger partial charge in [-0.25, -0.2) is 0 Å². The van der Waals surface area contributed by atoms with E-state index in [1.807, 2.05) is 11.0 Å². The van der Waals surface area contributed by atoms with Gasteiger partial charge in [0.2, 0.25) is 5.91 Å². The van der Waals surface area contributed by atoms with Crippen LogP contribution in [0.5, 0.6) is 0 Å². The fraction of sp³-hybridized carbons (Fsp3) is 0.529. The minimum atomic E-state index is -4.34. The molecule has 1 aromatic rings. The van der Waals surface area contributed by atoms with Crippen molar-refractivity contribution < 1.29 is 18.0 Å². The van der Waals surface area contributed by atoms with Gasteiger partial charge in [-0.2, -0.15) is 18.4 Å². The number of amides is 1. The van der Waals surface area contributed by atoms with Crippen LogP contribution in [0.25, 0.3) is 0 Å². The molecule has 7 heteroatoms. The van der Waals surface area contributed by atoms with Crippen molar-refractivity contribution in [3.8, 4) is 6.07 Å². The summed E-state index contributed by atoms with van der Waals surface area (Å²) in [6, 6.07) is 7.30. The molecule has 0 aliphatic carbocycles. The first kappa shape index (κ1) is 18.3. The number of hydrogen-bond donors (Lipinski definition) is 0. The zero-order chi connectivity index (χ0) is 18.0. The van der Waals surface area contributed by atoms with Crippen molar-refractivity contribution in [2.75, 3.05) is 26.2 Å². The van der Waals surface area contributed by atoms with E-state index in [9.17, 15) is 18.0 Å². The van der Waals surface area contributed by atoms with Crippen molar-refractivity contribution >= 4 is 5.91 Å². The molecular formula is C17H20F3N3O. The van der Waals surface area contributed by atoms with Crippen molar-refractivity contribution in [2.24, 2.45) is 5.41 Å². The van der Waals surface area contributed by atoms with Gasteiger partial charge in [-0.1, -0.05) is 18.2 Å². The molecule has 130 valence electrons. The third-order valence-electron chi connectivity index (χ3n) is 4.13. The van der Waals surface area contributed by atoms with Crippen molar-refractivity contribution in [2.45, 2.75) is 26.6 Å². The van der Waals surface area contributed by atoms with Gasteiger partial charge in [0.1, 0.15) is 5.41 Å². The highest BCUT2D eigenvalue weighted by atomic mass is 19.4. The van der Waals surface area contributed by atoms with Crippen LogP contribution in [0.4, 0.5) is 13.2 Å². The summed E-state index contributed by atoms with van der Waals surface area (Å²) in [5.41, 5.74) is -1.10. The van der Waals surface area contributed by atoms with Gasteiger partial charge in [0.25, 0.3) is 0 Å². The predicted octanol–water partition coefficient (Wildman–Crippen LogP) is 2.90. The van der Waals surface area contributed by atoms with Gasteiger partial charge in [0.15, 0.2) is 0 Å². The number of nitriles is 1. The molecule has 0 bridgehead atoms. The highest BCUT2D eigenvalue weighted by molar-refractivity contribution is 5.84. The van der Waals surface area contributed by atoms with E-state index in [1.54, 1.807) is 24.8 Å². The zero-order valence-corrected chi connectivity index (χ0v) is 13.7. The summed E-state index contributed by atoms with van der Waals surface area (Å²) in [5, 5.41) is 9.03. The number of carbonyl (C=O) groups excluding carboxylic acids is 1. The van der Waals surface area contributed by atoms with Crippen LogP contribution in [0.1, 0.15) is 25.0 Å². The number of benzene rings is 1. The number of rotatable bonds is 3. The summed E-state index contributed by atoms with van der Waals surface area (Å²) in [6.45, 7) is 5.68. The molecule has 1 fully saturated rings. The lowest BCUT2D eigenvalue weighted by Gasteiger charge is -2.37. The number of piperazine rings is 1. The van der Waals surface area contributed by atoms with Crippen LogP contribution in [-0.2, 0) is 17.5 Å². The number of hydrogen-bond acceptors (Lipinski definition) is 3. The van der Waals surface area contributed by atoms with Gasteiger partial charge >= 0.3 is 6.18 Å². The Labute approximate surface area is 139 Å². The summed E-state index contributed by atoms with van der Waals surface area (Å²) >= 11 is 0. The summed E-state index contributed by atoms with van der Waals surface area (Å²) in [4.78, 5) is 15.9. The molecule has 0 radical (unpaired) electrons. The molecule has 4 nitrogen and oxygen atoms in total. The second-order valence-electron chi connectivity index (χ2n) is 6.50. The van der Waals surface area contributed by atoms with Crippen molar-refractivity contribution in [1.82, 2.24) is 9.80 Å². The Morgan fingerprint density at radius 1 is 1.21 bits per heavy atom. The van der Waals surface area contributed by atoms with Crippen LogP contribution in [0.2, 0.25) is 0 Å². The quantitative estimate of drug-likeness (QED) is 0.851. The van der Waals surface area contributed by atoms with Crippen molar-refractivity contribution in [3.63, 3.8) is 0 Å². The molecule has 0 aromatic heterocycles. The standard InChI is InChI=1S/C17H20F3N3O/c1-16(2,12-21)15(24)23-8-6-22(7-9-23)11-13-4-3-5-14(10-13)17(18,19)20/h3-5,10H,6-9,11H2,1-2H3. The van der Waals surface area contributed by atoms with E-state index in [0.29, 0.717) is 38.3 Å². The first-order chi connectivity index (χ1) is 11.1. The Morgan fingerprint density at radius 2 is 1.83 bits per heavy atom. The second-order valence-corrected chi connectivity index (χ2v) is 6.50. The van der Waals surface area contributed by atoms with Crippen LogP contribution in [0, 0.1) is 16.7 Å². The maximum Gasteiger partial charge on any atom is 0.416 e. The van der Waals surface area contributed by atoms with E-state index >= 15 is 0 Å². The lowest BCUT2D eigenvalue weighted by molar-refractivity contribution is -0.139. The highest BCUT2D eigenvalue weighted by Crippen LogP contribution is 2.29. The maximum absolute atomic E-state index is 12.7. The molecule has 0 unspecified atom stereocenters. The van der Waals surface area contributed by atoms with Gasteiger partial charge in [-0.3, -0.25) is 9.69 Å². The molecule has 1 amide bonds. The molecule has 24 heavy (non-hydrogen) atoms. The molecule has 1 saturated heterocycles. The van der Waals surface area contributed by atoms with E-state index in [1.165, 1.54) is 6.07 Å². The predicted molar refractivity (Wildman–Crippen MR) is 82.7 cm³/mol. The van der Waals surface area contributed by atoms with Crippen LogP contribution in [-0.4, -0.2) is 41.9 Å². The van der Waals surface area contributed by atoms with E-state index in [-0.39, 0.29) is 5.91 Å². The second kappa shape index (κ2) is 6.81. The molecule has 2 rings (SSSR count). The SMILES string of the molecule is CC(C)(C#N)C(=O)N1CCN(Cc2cccc(C(F)(F)F)c2)CC1. The van der Waals surface area contributed by atoms with Gasteiger partial charge < -0.3 is 4.90 Å². The number of carbonyl (C=O) groups is 1. The van der Waals surface area contributed by atoms with Crippen LogP contribution in [0.15, 0.2) is 24.3 Å². The number of nitrogens with zero attached hydrogens (tertiary/aromatic N) is 3. The largest absolute Gasteiger partial charge is 0.416 e. The van der Waals surface area contributed by atoms with E-state index in [2.05, 4.69) is 0 Å². The van der Waals surface area contributed by atoms with Crippen LogP contribution in [0.3, 0.4) is 0 Å². The third-order valence-corrected chi connectivity index (χ3v) is 4.13. The lowest BCUT2D eigenvalue weighted by Crippen LogP contribution is -2.51. The van der Waals surface area contributed by atoms with Gasteiger partial charge in [0, 0.05) is 32.7 Å². The Bertz CT molecular complexity index is 641. The van der Waals surface area contributed by atoms with Gasteiger partial charge in [0.05, 0.1) is 11.6 Å². The molecule has 0 atom stereocenters. The molecule has 0 saturated carbocycles. The Kier molecular flexibility index (Phi) is 5.19. The summed E-state index contributed by atoms with van der Waals surface area (Å²) in [5.74, 6) is -0.205. The topological polar surface area (TPSA) is 47.3 Å². The Morgan fingerprint density at radius 3 is 2.38 bits per heavy atom. The first-order valence-corrected chi connectivity index (χ1v) is 7.72. The molecule has 1 aliphatic rings. The third kappa shape index (κ3) is 4.26. The average molecular weight is 339 g/mol. The summed E-state index contributed by atoms with van der Waals surface area (Å²) in [6.07, 6.45) is -4.34. The average Bonchev–Trinajstić information content (AvgIpc) is 2.54. The minimum absolute atomic E-state index is 0.205. The van der Waals surface area contributed by atoms with E-state index < -0.39 is 17.2 Å². The summed E-state index contributed by atoms with van der Waals surface area (Å²) in [7, 11) is 0. The monoisotopic (exact) mass is 339 g/mol. The van der Waals surface area contributed by atoms with Gasteiger partial charge in [-0.05, 0) is 25.5 Å². The van der Waals surface area contributed by atoms with Crippen LogP contribution < -0.4 is 0 Å². The van der Waals surface area contributed by atoms with Crippen molar-refractivity contribution in [1.29, 1.82) is 5.26 Å². The zero-order valence-electron chi connectivity index (χ0n) is 13.7. The highest BCUT2D eigenvalue weighted by Gasteiger charge is 2.34. The van der Waals surface area contributed by atoms with E-state index in [4.69, 9.17) is 5.26 Å². The smallest absolute Gasteiger partial charge is 0.339 e. The van der Waals surface area contributed by atoms with Crippen LogP contribution >= 0.6 is 0 Å². The van der Waals surface area contributed by atoms with Crippen molar-refractivity contribution in [3.05, 3.63) is 35.4 Å². The Balaban J connectivity index is 1.95. The number of alkyl halides is 3. The molecule has 0 N–H and O–H groups in total. The molecule has 1 heterocycles. The summed E-state index contributed by atoms with van der Waals surface area (Å²) < 4.78 is 38.2. The minimum Gasteiger partial charge on any atom is -0.339 e. The molecule has 0 spiro atoms. The maximum atomic E-state index is 12.7. The van der Waals surface area contributed by atoms with E-state index in [0.717, 1.165) is 12.1 Å².